The number of nitrogens with zero attached hydrogens (tertiary/aromatic N) is 1. The lowest BCUT2D eigenvalue weighted by molar-refractivity contribution is -0.139. The summed E-state index contributed by atoms with van der Waals surface area (Å²) in [6.07, 6.45) is 0.559. The number of benzene rings is 1. The fraction of sp³-hybridized carbons (Fsp3) is 0.182. The molecule has 0 aliphatic heterocycles. The van der Waals surface area contributed by atoms with Gasteiger partial charge in [-0.1, -0.05) is 15.9 Å². The number of carbonyl (C=O) groups excluding carboxylic acids is 2. The van der Waals surface area contributed by atoms with Crippen LogP contribution in [0.3, 0.4) is 0 Å². The first-order valence-electron chi connectivity index (χ1n) is 4.37. The van der Waals surface area contributed by atoms with Gasteiger partial charge in [0.25, 0.3) is 0 Å². The SMILES string of the molecule is COC(=O)Cc1cc(Br)cc(C=O)c1C#N. The second-order valence-corrected chi connectivity index (χ2v) is 3.93. The highest BCUT2D eigenvalue weighted by atomic mass is 79.9. The van der Waals surface area contributed by atoms with E-state index in [1.54, 1.807) is 6.07 Å². The maximum absolute atomic E-state index is 11.1. The molecule has 0 saturated heterocycles. The van der Waals surface area contributed by atoms with E-state index in [0.29, 0.717) is 16.3 Å². The maximum atomic E-state index is 11.1. The highest BCUT2D eigenvalue weighted by Crippen LogP contribution is 2.20. The van der Waals surface area contributed by atoms with Gasteiger partial charge in [0.1, 0.15) is 6.07 Å². The van der Waals surface area contributed by atoms with Gasteiger partial charge < -0.3 is 4.74 Å². The molecular formula is C11H8BrNO3. The third-order valence-corrected chi connectivity index (χ3v) is 2.47. The van der Waals surface area contributed by atoms with Crippen molar-refractivity contribution in [2.75, 3.05) is 7.11 Å². The van der Waals surface area contributed by atoms with Crippen molar-refractivity contribution >= 4 is 28.2 Å². The number of methoxy groups -OCH3 is 1. The summed E-state index contributed by atoms with van der Waals surface area (Å²) in [6, 6.07) is 5.07. The number of carbonyl (C=O) groups is 2. The van der Waals surface area contributed by atoms with E-state index >= 15 is 0 Å². The van der Waals surface area contributed by atoms with E-state index in [2.05, 4.69) is 20.7 Å². The molecule has 1 aromatic rings. The number of hydrogen-bond acceptors (Lipinski definition) is 4. The third kappa shape index (κ3) is 2.67. The first kappa shape index (κ1) is 12.4. The Kier molecular flexibility index (Phi) is 4.20. The molecule has 16 heavy (non-hydrogen) atoms. The van der Waals surface area contributed by atoms with Crippen molar-refractivity contribution in [2.24, 2.45) is 0 Å². The molecule has 1 aromatic carbocycles. The van der Waals surface area contributed by atoms with Gasteiger partial charge in [0.15, 0.2) is 6.29 Å². The molecule has 82 valence electrons. The Hall–Kier alpha value is -1.67. The average Bonchev–Trinajstić information content (AvgIpc) is 2.28. The van der Waals surface area contributed by atoms with Crippen LogP contribution in [0.15, 0.2) is 16.6 Å². The van der Waals surface area contributed by atoms with E-state index in [4.69, 9.17) is 5.26 Å². The highest BCUT2D eigenvalue weighted by molar-refractivity contribution is 9.10. The van der Waals surface area contributed by atoms with Crippen molar-refractivity contribution in [1.82, 2.24) is 0 Å². The average molecular weight is 282 g/mol. The lowest BCUT2D eigenvalue weighted by Crippen LogP contribution is -2.07. The van der Waals surface area contributed by atoms with Crippen LogP contribution in [-0.4, -0.2) is 19.4 Å². The zero-order chi connectivity index (χ0) is 12.1. The number of rotatable bonds is 3. The molecule has 4 nitrogen and oxygen atoms in total. The van der Waals surface area contributed by atoms with E-state index in [1.807, 2.05) is 6.07 Å². The van der Waals surface area contributed by atoms with Gasteiger partial charge in [0.05, 0.1) is 19.1 Å². The molecule has 0 N–H and O–H groups in total. The highest BCUT2D eigenvalue weighted by Gasteiger charge is 2.13. The molecule has 0 spiro atoms. The van der Waals surface area contributed by atoms with Crippen LogP contribution in [0.1, 0.15) is 21.5 Å². The number of hydrogen-bond donors (Lipinski definition) is 0. The number of esters is 1. The second-order valence-electron chi connectivity index (χ2n) is 3.01. The number of halogens is 1. The summed E-state index contributed by atoms with van der Waals surface area (Å²) in [5.41, 5.74) is 0.949. The van der Waals surface area contributed by atoms with Gasteiger partial charge in [-0.3, -0.25) is 9.59 Å². The molecule has 0 bridgehead atoms. The Morgan fingerprint density at radius 1 is 1.62 bits per heavy atom. The van der Waals surface area contributed by atoms with Crippen LogP contribution in [0.4, 0.5) is 0 Å². The van der Waals surface area contributed by atoms with Gasteiger partial charge in [-0.25, -0.2) is 0 Å². The number of ether oxygens (including phenoxy) is 1. The van der Waals surface area contributed by atoms with Crippen molar-refractivity contribution in [2.45, 2.75) is 6.42 Å². The summed E-state index contributed by atoms with van der Waals surface area (Å²) in [5.74, 6) is -0.452. The molecule has 0 aromatic heterocycles. The van der Waals surface area contributed by atoms with Crippen LogP contribution in [-0.2, 0) is 16.0 Å². The minimum Gasteiger partial charge on any atom is -0.469 e. The smallest absolute Gasteiger partial charge is 0.310 e. The summed E-state index contributed by atoms with van der Waals surface area (Å²) in [7, 11) is 1.27. The Morgan fingerprint density at radius 2 is 2.31 bits per heavy atom. The zero-order valence-electron chi connectivity index (χ0n) is 8.49. The molecule has 0 radical (unpaired) electrons. The Bertz CT molecular complexity index is 477. The summed E-state index contributed by atoms with van der Waals surface area (Å²) >= 11 is 3.21. The van der Waals surface area contributed by atoms with Gasteiger partial charge in [-0.15, -0.1) is 0 Å². The fourth-order valence-electron chi connectivity index (χ4n) is 1.28. The molecule has 0 aliphatic rings. The van der Waals surface area contributed by atoms with Crippen LogP contribution >= 0.6 is 15.9 Å². The van der Waals surface area contributed by atoms with Gasteiger partial charge in [0.2, 0.25) is 0 Å². The molecule has 0 heterocycles. The topological polar surface area (TPSA) is 67.2 Å². The first-order chi connectivity index (χ1) is 7.62. The second kappa shape index (κ2) is 5.42. The van der Waals surface area contributed by atoms with Crippen molar-refractivity contribution < 1.29 is 14.3 Å². The lowest BCUT2D eigenvalue weighted by atomic mass is 10.0. The van der Waals surface area contributed by atoms with Gasteiger partial charge >= 0.3 is 5.97 Å². The van der Waals surface area contributed by atoms with Crippen molar-refractivity contribution in [1.29, 1.82) is 5.26 Å². The summed E-state index contributed by atoms with van der Waals surface area (Å²) < 4.78 is 5.16. The minimum atomic E-state index is -0.452. The van der Waals surface area contributed by atoms with E-state index in [1.165, 1.54) is 13.2 Å². The minimum absolute atomic E-state index is 0.0281. The summed E-state index contributed by atoms with van der Waals surface area (Å²) in [6.45, 7) is 0. The summed E-state index contributed by atoms with van der Waals surface area (Å²) in [5, 5.41) is 8.93. The lowest BCUT2D eigenvalue weighted by Gasteiger charge is -2.05. The van der Waals surface area contributed by atoms with Gasteiger partial charge in [0, 0.05) is 10.0 Å². The first-order valence-corrected chi connectivity index (χ1v) is 5.16. The number of aldehydes is 1. The zero-order valence-corrected chi connectivity index (χ0v) is 10.1. The Labute approximate surface area is 101 Å². The molecule has 0 unspecified atom stereocenters. The monoisotopic (exact) mass is 281 g/mol. The standard InChI is InChI=1S/C11H8BrNO3/c1-16-11(15)4-7-2-9(12)3-8(6-14)10(7)5-13/h2-3,6H,4H2,1H3. The Balaban J connectivity index is 3.26. The van der Waals surface area contributed by atoms with Gasteiger partial charge in [-0.05, 0) is 17.7 Å². The van der Waals surface area contributed by atoms with E-state index in [-0.39, 0.29) is 17.5 Å². The molecule has 5 heteroatoms. The van der Waals surface area contributed by atoms with Crippen molar-refractivity contribution in [3.8, 4) is 6.07 Å². The normalized spacial score (nSPS) is 9.31. The molecule has 0 atom stereocenters. The quantitative estimate of drug-likeness (QED) is 0.626. The van der Waals surface area contributed by atoms with Crippen LogP contribution < -0.4 is 0 Å². The van der Waals surface area contributed by atoms with Gasteiger partial charge in [-0.2, -0.15) is 5.26 Å². The summed E-state index contributed by atoms with van der Waals surface area (Å²) in [4.78, 5) is 21.9. The molecule has 0 aliphatic carbocycles. The predicted molar refractivity (Wildman–Crippen MR) is 60.0 cm³/mol. The van der Waals surface area contributed by atoms with Crippen LogP contribution in [0.2, 0.25) is 0 Å². The fourth-order valence-corrected chi connectivity index (χ4v) is 1.81. The van der Waals surface area contributed by atoms with Crippen LogP contribution in [0, 0.1) is 11.3 Å². The number of nitriles is 1. The third-order valence-electron chi connectivity index (χ3n) is 2.02. The maximum Gasteiger partial charge on any atom is 0.310 e. The molecule has 1 rings (SSSR count). The van der Waals surface area contributed by atoms with Crippen LogP contribution in [0.25, 0.3) is 0 Å². The van der Waals surface area contributed by atoms with Crippen molar-refractivity contribution in [3.05, 3.63) is 33.3 Å². The molecule has 0 saturated carbocycles. The van der Waals surface area contributed by atoms with E-state index in [0.717, 1.165) is 0 Å². The largest absolute Gasteiger partial charge is 0.469 e. The Morgan fingerprint density at radius 3 is 2.81 bits per heavy atom. The van der Waals surface area contributed by atoms with E-state index < -0.39 is 5.97 Å². The molecule has 0 fully saturated rings. The van der Waals surface area contributed by atoms with Crippen LogP contribution in [0.5, 0.6) is 0 Å². The molecular weight excluding hydrogens is 274 g/mol. The van der Waals surface area contributed by atoms with Crippen molar-refractivity contribution in [3.63, 3.8) is 0 Å². The van der Waals surface area contributed by atoms with E-state index in [9.17, 15) is 9.59 Å². The predicted octanol–water partition coefficient (Wildman–Crippen LogP) is 1.85. The molecule has 0 amide bonds.